The number of nitrogens with zero attached hydrogens (tertiary/aromatic N) is 1. The number of rotatable bonds is 4. The smallest absolute Gasteiger partial charge is 0.369 e. The highest BCUT2D eigenvalue weighted by molar-refractivity contribution is 5.36. The van der Waals surface area contributed by atoms with Gasteiger partial charge in [0, 0.05) is 12.7 Å². The summed E-state index contributed by atoms with van der Waals surface area (Å²) in [7, 11) is 0. The van der Waals surface area contributed by atoms with Crippen LogP contribution in [0.25, 0.3) is 0 Å². The number of nitrogens with one attached hydrogen (secondary N) is 1. The highest BCUT2D eigenvalue weighted by atomic mass is 19.4. The first-order valence-corrected chi connectivity index (χ1v) is 6.92. The van der Waals surface area contributed by atoms with Crippen molar-refractivity contribution in [2.75, 3.05) is 18.4 Å². The van der Waals surface area contributed by atoms with Crippen LogP contribution in [0.3, 0.4) is 0 Å². The second-order valence-electron chi connectivity index (χ2n) is 5.55. The molecule has 0 saturated heterocycles. The van der Waals surface area contributed by atoms with E-state index in [-0.39, 0.29) is 5.41 Å². The minimum absolute atomic E-state index is 0.0582. The van der Waals surface area contributed by atoms with Gasteiger partial charge in [0.25, 0.3) is 0 Å². The molecule has 1 aliphatic carbocycles. The van der Waals surface area contributed by atoms with E-state index in [4.69, 9.17) is 5.73 Å². The van der Waals surface area contributed by atoms with Gasteiger partial charge in [-0.25, -0.2) is 4.98 Å². The van der Waals surface area contributed by atoms with E-state index in [1.165, 1.54) is 25.3 Å². The van der Waals surface area contributed by atoms with Gasteiger partial charge in [-0.05, 0) is 36.9 Å². The van der Waals surface area contributed by atoms with Crippen LogP contribution in [0.5, 0.6) is 0 Å². The Bertz CT molecular complexity index is 422. The SMILES string of the molecule is NCC1(CNc2ccc(C(F)(F)F)cn2)CCCCC1. The fourth-order valence-electron chi connectivity index (χ4n) is 2.70. The third kappa shape index (κ3) is 3.62. The number of nitrogens with two attached hydrogens (primary N) is 1. The largest absolute Gasteiger partial charge is 0.417 e. The number of halogens is 3. The summed E-state index contributed by atoms with van der Waals surface area (Å²) in [5.41, 5.74) is 5.21. The first-order chi connectivity index (χ1) is 9.45. The third-order valence-electron chi connectivity index (χ3n) is 4.08. The molecule has 0 aromatic carbocycles. The molecule has 3 N–H and O–H groups in total. The van der Waals surface area contributed by atoms with Gasteiger partial charge in [-0.15, -0.1) is 0 Å². The highest BCUT2D eigenvalue weighted by Crippen LogP contribution is 2.35. The molecule has 20 heavy (non-hydrogen) atoms. The fraction of sp³-hybridized carbons (Fsp3) is 0.643. The molecule has 0 spiro atoms. The average Bonchev–Trinajstić information content (AvgIpc) is 2.46. The lowest BCUT2D eigenvalue weighted by Gasteiger charge is -2.36. The van der Waals surface area contributed by atoms with Gasteiger partial charge in [-0.2, -0.15) is 13.2 Å². The van der Waals surface area contributed by atoms with Crippen LogP contribution in [-0.4, -0.2) is 18.1 Å². The number of anilines is 1. The fourth-order valence-corrected chi connectivity index (χ4v) is 2.70. The molecule has 0 unspecified atom stereocenters. The van der Waals surface area contributed by atoms with Gasteiger partial charge in [0.2, 0.25) is 0 Å². The van der Waals surface area contributed by atoms with E-state index in [0.717, 1.165) is 25.1 Å². The molecule has 1 heterocycles. The van der Waals surface area contributed by atoms with E-state index < -0.39 is 11.7 Å². The molecular formula is C14H20F3N3. The minimum Gasteiger partial charge on any atom is -0.369 e. The minimum atomic E-state index is -4.34. The number of pyridine rings is 1. The molecule has 1 aromatic heterocycles. The summed E-state index contributed by atoms with van der Waals surface area (Å²) in [5.74, 6) is 0.469. The summed E-state index contributed by atoms with van der Waals surface area (Å²) in [4.78, 5) is 3.82. The van der Waals surface area contributed by atoms with Gasteiger partial charge in [0.15, 0.2) is 0 Å². The second kappa shape index (κ2) is 5.99. The maximum absolute atomic E-state index is 12.4. The van der Waals surface area contributed by atoms with Crippen molar-refractivity contribution in [1.29, 1.82) is 0 Å². The van der Waals surface area contributed by atoms with E-state index >= 15 is 0 Å². The highest BCUT2D eigenvalue weighted by Gasteiger charge is 2.32. The number of aromatic nitrogens is 1. The first kappa shape index (κ1) is 15.1. The van der Waals surface area contributed by atoms with Crippen LogP contribution in [0.4, 0.5) is 19.0 Å². The number of hydrogen-bond acceptors (Lipinski definition) is 3. The Hall–Kier alpha value is -1.30. The summed E-state index contributed by atoms with van der Waals surface area (Å²) in [6, 6.07) is 2.42. The van der Waals surface area contributed by atoms with Gasteiger partial charge in [-0.1, -0.05) is 19.3 Å². The van der Waals surface area contributed by atoms with Crippen molar-refractivity contribution in [2.45, 2.75) is 38.3 Å². The van der Waals surface area contributed by atoms with E-state index in [1.54, 1.807) is 0 Å². The van der Waals surface area contributed by atoms with E-state index in [1.807, 2.05) is 0 Å². The standard InChI is InChI=1S/C14H20F3N3/c15-14(16,17)11-4-5-12(19-8-11)20-10-13(9-18)6-2-1-3-7-13/h4-5,8H,1-3,6-7,9-10,18H2,(H,19,20). The monoisotopic (exact) mass is 287 g/mol. The topological polar surface area (TPSA) is 50.9 Å². The molecule has 1 aromatic rings. The lowest BCUT2D eigenvalue weighted by Crippen LogP contribution is -2.39. The second-order valence-corrected chi connectivity index (χ2v) is 5.55. The summed E-state index contributed by atoms with van der Waals surface area (Å²) < 4.78 is 37.3. The zero-order chi connectivity index (χ0) is 14.6. The van der Waals surface area contributed by atoms with Crippen molar-refractivity contribution in [3.63, 3.8) is 0 Å². The van der Waals surface area contributed by atoms with Crippen molar-refractivity contribution >= 4 is 5.82 Å². The quantitative estimate of drug-likeness (QED) is 0.892. The van der Waals surface area contributed by atoms with Crippen LogP contribution in [-0.2, 0) is 6.18 Å². The molecule has 6 heteroatoms. The zero-order valence-corrected chi connectivity index (χ0v) is 11.3. The molecular weight excluding hydrogens is 267 g/mol. The van der Waals surface area contributed by atoms with Crippen molar-refractivity contribution in [3.8, 4) is 0 Å². The Labute approximate surface area is 116 Å². The number of hydrogen-bond donors (Lipinski definition) is 2. The third-order valence-corrected chi connectivity index (χ3v) is 4.08. The van der Waals surface area contributed by atoms with E-state index in [0.29, 0.717) is 18.9 Å². The Kier molecular flexibility index (Phi) is 4.52. The van der Waals surface area contributed by atoms with Crippen LogP contribution >= 0.6 is 0 Å². The molecule has 2 rings (SSSR count). The van der Waals surface area contributed by atoms with Gasteiger partial charge in [-0.3, -0.25) is 0 Å². The summed E-state index contributed by atoms with van der Waals surface area (Å²) in [6.45, 7) is 1.27. The lowest BCUT2D eigenvalue weighted by molar-refractivity contribution is -0.137. The van der Waals surface area contributed by atoms with Gasteiger partial charge >= 0.3 is 6.18 Å². The summed E-state index contributed by atoms with van der Waals surface area (Å²) >= 11 is 0. The Morgan fingerprint density at radius 3 is 2.40 bits per heavy atom. The number of alkyl halides is 3. The predicted molar refractivity (Wildman–Crippen MR) is 72.3 cm³/mol. The maximum atomic E-state index is 12.4. The molecule has 0 bridgehead atoms. The average molecular weight is 287 g/mol. The molecule has 0 aliphatic heterocycles. The van der Waals surface area contributed by atoms with Crippen molar-refractivity contribution in [3.05, 3.63) is 23.9 Å². The van der Waals surface area contributed by atoms with E-state index in [2.05, 4.69) is 10.3 Å². The molecule has 1 aliphatic rings. The van der Waals surface area contributed by atoms with Crippen molar-refractivity contribution in [2.24, 2.45) is 11.1 Å². The lowest BCUT2D eigenvalue weighted by atomic mass is 9.74. The van der Waals surface area contributed by atoms with Crippen LogP contribution in [0.2, 0.25) is 0 Å². The Morgan fingerprint density at radius 2 is 1.90 bits per heavy atom. The summed E-state index contributed by atoms with van der Waals surface area (Å²) in [6.07, 6.45) is 2.22. The van der Waals surface area contributed by atoms with Crippen molar-refractivity contribution < 1.29 is 13.2 Å². The molecule has 3 nitrogen and oxygen atoms in total. The first-order valence-electron chi connectivity index (χ1n) is 6.92. The molecule has 1 fully saturated rings. The molecule has 1 saturated carbocycles. The predicted octanol–water partition coefficient (Wildman–Crippen LogP) is 3.42. The summed E-state index contributed by atoms with van der Waals surface area (Å²) in [5, 5.41) is 3.13. The molecule has 0 atom stereocenters. The van der Waals surface area contributed by atoms with Crippen LogP contribution in [0, 0.1) is 5.41 Å². The molecule has 0 radical (unpaired) electrons. The van der Waals surface area contributed by atoms with Crippen LogP contribution < -0.4 is 11.1 Å². The van der Waals surface area contributed by atoms with E-state index in [9.17, 15) is 13.2 Å². The zero-order valence-electron chi connectivity index (χ0n) is 11.3. The van der Waals surface area contributed by atoms with Gasteiger partial charge < -0.3 is 11.1 Å². The normalized spacial score (nSPS) is 18.8. The Balaban J connectivity index is 1.96. The Morgan fingerprint density at radius 1 is 1.20 bits per heavy atom. The van der Waals surface area contributed by atoms with Crippen LogP contribution in [0.15, 0.2) is 18.3 Å². The van der Waals surface area contributed by atoms with Crippen molar-refractivity contribution in [1.82, 2.24) is 4.98 Å². The molecule has 0 amide bonds. The maximum Gasteiger partial charge on any atom is 0.417 e. The molecule has 112 valence electrons. The van der Waals surface area contributed by atoms with Crippen LogP contribution in [0.1, 0.15) is 37.7 Å². The van der Waals surface area contributed by atoms with Gasteiger partial charge in [0.1, 0.15) is 5.82 Å². The van der Waals surface area contributed by atoms with Gasteiger partial charge in [0.05, 0.1) is 5.56 Å².